The summed E-state index contributed by atoms with van der Waals surface area (Å²) in [5.74, 6) is -0.643. The second-order valence-electron chi connectivity index (χ2n) is 7.62. The molecule has 164 valence electrons. The maximum Gasteiger partial charge on any atom is 0.241 e. The van der Waals surface area contributed by atoms with Gasteiger partial charge in [0.2, 0.25) is 17.7 Å². The van der Waals surface area contributed by atoms with Crippen molar-refractivity contribution in [3.8, 4) is 0 Å². The number of amides is 3. The van der Waals surface area contributed by atoms with Gasteiger partial charge in [0.1, 0.15) is 0 Å². The van der Waals surface area contributed by atoms with Gasteiger partial charge in [0.15, 0.2) is 0 Å². The third kappa shape index (κ3) is 5.55. The van der Waals surface area contributed by atoms with Crippen molar-refractivity contribution in [1.82, 2.24) is 4.90 Å². The second-order valence-corrected chi connectivity index (χ2v) is 8.49. The molecule has 0 spiro atoms. The van der Waals surface area contributed by atoms with Gasteiger partial charge in [-0.25, -0.2) is 0 Å². The van der Waals surface area contributed by atoms with Crippen LogP contribution < -0.4 is 15.5 Å². The Morgan fingerprint density at radius 2 is 1.87 bits per heavy atom. The Bertz CT molecular complexity index is 994. The van der Waals surface area contributed by atoms with E-state index in [-0.39, 0.29) is 36.7 Å². The first-order chi connectivity index (χ1) is 14.7. The van der Waals surface area contributed by atoms with E-state index >= 15 is 0 Å². The van der Waals surface area contributed by atoms with Crippen molar-refractivity contribution in [3.05, 3.63) is 52.5 Å². The number of nitrogens with zero attached hydrogens (tertiary/aromatic N) is 2. The lowest BCUT2D eigenvalue weighted by Gasteiger charge is -2.31. The van der Waals surface area contributed by atoms with Crippen molar-refractivity contribution in [2.24, 2.45) is 0 Å². The Labute approximate surface area is 191 Å². The van der Waals surface area contributed by atoms with Crippen LogP contribution in [-0.4, -0.2) is 48.3 Å². The average Bonchev–Trinajstić information content (AvgIpc) is 2.80. The second kappa shape index (κ2) is 9.68. The van der Waals surface area contributed by atoms with Gasteiger partial charge in [-0.2, -0.15) is 0 Å². The van der Waals surface area contributed by atoms with Crippen LogP contribution in [0.2, 0.25) is 10.0 Å². The number of halogens is 2. The molecule has 9 heteroatoms. The average molecular weight is 463 g/mol. The van der Waals surface area contributed by atoms with E-state index in [1.54, 1.807) is 60.2 Å². The number of nitrogens with one attached hydrogen (secondary N) is 2. The fourth-order valence-electron chi connectivity index (χ4n) is 3.47. The van der Waals surface area contributed by atoms with E-state index in [1.165, 1.54) is 0 Å². The van der Waals surface area contributed by atoms with Crippen LogP contribution >= 0.6 is 23.2 Å². The summed E-state index contributed by atoms with van der Waals surface area (Å²) in [6, 6.07) is 11.0. The molecule has 0 saturated heterocycles. The number of benzene rings is 2. The highest BCUT2D eigenvalue weighted by Crippen LogP contribution is 2.31. The molecule has 2 aromatic rings. The van der Waals surface area contributed by atoms with E-state index in [1.807, 2.05) is 13.0 Å². The highest BCUT2D eigenvalue weighted by Gasteiger charge is 2.31. The number of anilines is 3. The first kappa shape index (κ1) is 23.1. The van der Waals surface area contributed by atoms with Gasteiger partial charge in [-0.15, -0.1) is 0 Å². The minimum atomic E-state index is -0.598. The van der Waals surface area contributed by atoms with Crippen molar-refractivity contribution in [3.63, 3.8) is 0 Å². The highest BCUT2D eigenvalue weighted by molar-refractivity contribution is 6.35. The molecule has 0 bridgehead atoms. The molecule has 3 rings (SSSR count). The monoisotopic (exact) mass is 462 g/mol. The summed E-state index contributed by atoms with van der Waals surface area (Å²) in [5, 5.41) is 6.43. The smallest absolute Gasteiger partial charge is 0.241 e. The predicted molar refractivity (Wildman–Crippen MR) is 124 cm³/mol. The van der Waals surface area contributed by atoms with Crippen molar-refractivity contribution < 1.29 is 14.4 Å². The minimum absolute atomic E-state index is 0.00223. The number of fused-ring (bicyclic) bond motifs is 1. The molecule has 0 saturated carbocycles. The minimum Gasteiger partial charge on any atom is -0.325 e. The van der Waals surface area contributed by atoms with Gasteiger partial charge in [0, 0.05) is 28.2 Å². The molecule has 3 amide bonds. The predicted octanol–water partition coefficient (Wildman–Crippen LogP) is 4.02. The quantitative estimate of drug-likeness (QED) is 0.702. The Balaban J connectivity index is 1.71. The number of hydrogen-bond donors (Lipinski definition) is 2. The van der Waals surface area contributed by atoms with Gasteiger partial charge in [-0.05, 0) is 51.2 Å². The van der Waals surface area contributed by atoms with Crippen LogP contribution in [0, 0.1) is 0 Å². The molecule has 2 N–H and O–H groups in total. The molecule has 0 radical (unpaired) electrons. The zero-order valence-corrected chi connectivity index (χ0v) is 19.0. The SMILES string of the molecule is C[C@@H]1CC(=O)Nc2ccccc2N1C(=O)CN(C)[C@@H](C)C(=O)Nc1cc(Cl)cc(Cl)c1. The summed E-state index contributed by atoms with van der Waals surface area (Å²) in [6.45, 7) is 3.54. The summed E-state index contributed by atoms with van der Waals surface area (Å²) in [6.07, 6.45) is 0.190. The number of carbonyl (C=O) groups excluding carboxylic acids is 3. The molecule has 1 aliphatic heterocycles. The van der Waals surface area contributed by atoms with E-state index in [0.29, 0.717) is 27.1 Å². The number of hydrogen-bond acceptors (Lipinski definition) is 4. The third-order valence-corrected chi connectivity index (χ3v) is 5.62. The summed E-state index contributed by atoms with van der Waals surface area (Å²) < 4.78 is 0. The van der Waals surface area contributed by atoms with E-state index < -0.39 is 6.04 Å². The number of carbonyl (C=O) groups is 3. The summed E-state index contributed by atoms with van der Waals surface area (Å²) >= 11 is 12.0. The molecule has 0 unspecified atom stereocenters. The maximum absolute atomic E-state index is 13.2. The van der Waals surface area contributed by atoms with Crippen molar-refractivity contribution in [1.29, 1.82) is 0 Å². The topological polar surface area (TPSA) is 81.8 Å². The standard InChI is InChI=1S/C22H24Cl2N4O3/c1-13-8-20(29)26-18-6-4-5-7-19(18)28(13)21(30)12-27(3)14(2)22(31)25-17-10-15(23)9-16(24)11-17/h4-7,9-11,13-14H,8,12H2,1-3H3,(H,25,31)(H,26,29)/t13-,14+/m1/s1. The van der Waals surface area contributed by atoms with Crippen LogP contribution in [0.15, 0.2) is 42.5 Å². The van der Waals surface area contributed by atoms with Crippen molar-refractivity contribution >= 4 is 58.0 Å². The number of para-hydroxylation sites is 2. The van der Waals surface area contributed by atoms with Gasteiger partial charge in [-0.3, -0.25) is 19.3 Å². The highest BCUT2D eigenvalue weighted by atomic mass is 35.5. The lowest BCUT2D eigenvalue weighted by molar-refractivity contribution is -0.123. The fourth-order valence-corrected chi connectivity index (χ4v) is 3.99. The Morgan fingerprint density at radius 3 is 2.55 bits per heavy atom. The van der Waals surface area contributed by atoms with E-state index in [4.69, 9.17) is 23.2 Å². The molecule has 0 aromatic heterocycles. The van der Waals surface area contributed by atoms with Gasteiger partial charge < -0.3 is 15.5 Å². The largest absolute Gasteiger partial charge is 0.325 e. The molecular weight excluding hydrogens is 439 g/mol. The van der Waals surface area contributed by atoms with Crippen LogP contribution in [0.5, 0.6) is 0 Å². The Hall–Kier alpha value is -2.61. The first-order valence-electron chi connectivity index (χ1n) is 9.84. The van der Waals surface area contributed by atoms with Crippen LogP contribution in [0.25, 0.3) is 0 Å². The molecule has 0 aliphatic carbocycles. The Kier molecular flexibility index (Phi) is 7.20. The summed E-state index contributed by atoms with van der Waals surface area (Å²) in [5.41, 5.74) is 1.72. The molecule has 7 nitrogen and oxygen atoms in total. The maximum atomic E-state index is 13.2. The van der Waals surface area contributed by atoms with Crippen molar-refractivity contribution in [2.45, 2.75) is 32.4 Å². The summed E-state index contributed by atoms with van der Waals surface area (Å²) in [4.78, 5) is 41.3. The lowest BCUT2D eigenvalue weighted by Crippen LogP contribution is -2.48. The third-order valence-electron chi connectivity index (χ3n) is 5.18. The first-order valence-corrected chi connectivity index (χ1v) is 10.6. The molecule has 1 heterocycles. The Morgan fingerprint density at radius 1 is 1.23 bits per heavy atom. The van der Waals surface area contributed by atoms with Gasteiger partial charge in [-0.1, -0.05) is 35.3 Å². The molecule has 2 atom stereocenters. The molecular formula is C22H24Cl2N4O3. The molecule has 0 fully saturated rings. The zero-order chi connectivity index (χ0) is 22.7. The molecule has 31 heavy (non-hydrogen) atoms. The number of likely N-dealkylation sites (N-methyl/N-ethyl adjacent to an activating group) is 1. The lowest BCUT2D eigenvalue weighted by atomic mass is 10.1. The van der Waals surface area contributed by atoms with Gasteiger partial charge >= 0.3 is 0 Å². The molecule has 1 aliphatic rings. The summed E-state index contributed by atoms with van der Waals surface area (Å²) in [7, 11) is 1.70. The van der Waals surface area contributed by atoms with Crippen LogP contribution in [0.4, 0.5) is 17.1 Å². The van der Waals surface area contributed by atoms with Crippen LogP contribution in [0.3, 0.4) is 0 Å². The van der Waals surface area contributed by atoms with E-state index in [0.717, 1.165) is 0 Å². The van der Waals surface area contributed by atoms with Crippen LogP contribution in [-0.2, 0) is 14.4 Å². The molecule has 2 aromatic carbocycles. The fraction of sp³-hybridized carbons (Fsp3) is 0.318. The van der Waals surface area contributed by atoms with Gasteiger partial charge in [0.25, 0.3) is 0 Å². The van der Waals surface area contributed by atoms with Gasteiger partial charge in [0.05, 0.1) is 24.0 Å². The van der Waals surface area contributed by atoms with E-state index in [9.17, 15) is 14.4 Å². The van der Waals surface area contributed by atoms with Crippen molar-refractivity contribution in [2.75, 3.05) is 29.1 Å². The van der Waals surface area contributed by atoms with Crippen LogP contribution in [0.1, 0.15) is 20.3 Å². The van der Waals surface area contributed by atoms with E-state index in [2.05, 4.69) is 10.6 Å². The zero-order valence-electron chi connectivity index (χ0n) is 17.5. The normalized spacial score (nSPS) is 16.9. The number of rotatable bonds is 5.